The third-order valence-corrected chi connectivity index (χ3v) is 1.71. The van der Waals surface area contributed by atoms with Crippen LogP contribution in [0.25, 0.3) is 0 Å². The number of hydrogen-bond acceptors (Lipinski definition) is 3. The quantitative estimate of drug-likeness (QED) is 0.442. The van der Waals surface area contributed by atoms with Crippen LogP contribution in [0.2, 0.25) is 0 Å². The van der Waals surface area contributed by atoms with E-state index >= 15 is 0 Å². The van der Waals surface area contributed by atoms with Crippen LogP contribution < -0.4 is 0 Å². The molecular weight excluding hydrogens is 216 g/mol. The summed E-state index contributed by atoms with van der Waals surface area (Å²) >= 11 is 0. The zero-order valence-corrected chi connectivity index (χ0v) is 9.43. The van der Waals surface area contributed by atoms with Crippen LogP contribution in [0.15, 0.2) is 30.3 Å². The Hall–Kier alpha value is -2.23. The minimum absolute atomic E-state index is 0.263. The smallest absolute Gasteiger partial charge is 0.384 e. The summed E-state index contributed by atoms with van der Waals surface area (Å²) in [6.45, 7) is 1.95. The highest BCUT2D eigenvalue weighted by Crippen LogP contribution is 1.94. The van der Waals surface area contributed by atoms with Crippen LogP contribution in [-0.4, -0.2) is 23.8 Å². The third kappa shape index (κ3) is 5.41. The summed E-state index contributed by atoms with van der Waals surface area (Å²) in [7, 11) is 0. The molecule has 0 aromatic heterocycles. The molecule has 1 unspecified atom stereocenters. The fourth-order valence-corrected chi connectivity index (χ4v) is 1.00. The lowest BCUT2D eigenvalue weighted by molar-refractivity contribution is -0.136. The van der Waals surface area contributed by atoms with Crippen LogP contribution in [0.5, 0.6) is 0 Å². The Kier molecular flexibility index (Phi) is 5.37. The molecule has 86 valence electrons. The summed E-state index contributed by atoms with van der Waals surface area (Å²) in [6.07, 6.45) is -1.15. The largest absolute Gasteiger partial charge is 0.456 e. The average molecular weight is 228 g/mol. The molecule has 1 rings (SSSR count). The van der Waals surface area contributed by atoms with Gasteiger partial charge in [0, 0.05) is 11.5 Å². The van der Waals surface area contributed by atoms with Gasteiger partial charge in [-0.3, -0.25) is 0 Å². The number of hydrogen-bond donors (Lipinski definition) is 1. The van der Waals surface area contributed by atoms with Gasteiger partial charge in [-0.2, -0.15) is 0 Å². The van der Waals surface area contributed by atoms with Crippen molar-refractivity contribution in [2.24, 2.45) is 0 Å². The maximum Gasteiger partial charge on any atom is 0.384 e. The Bertz CT molecular complexity index is 483. The summed E-state index contributed by atoms with van der Waals surface area (Å²) in [5.41, 5.74) is 0.782. The van der Waals surface area contributed by atoms with Gasteiger partial charge in [0.25, 0.3) is 0 Å². The highest BCUT2D eigenvalue weighted by atomic mass is 16.5. The lowest BCUT2D eigenvalue weighted by Gasteiger charge is -1.92. The maximum absolute atomic E-state index is 10.9. The fraction of sp³-hybridized carbons (Fsp3) is 0.214. The molecule has 0 saturated carbocycles. The van der Waals surface area contributed by atoms with Gasteiger partial charge in [-0.1, -0.05) is 30.0 Å². The lowest BCUT2D eigenvalue weighted by Crippen LogP contribution is -2.03. The first kappa shape index (κ1) is 12.8. The van der Waals surface area contributed by atoms with Crippen LogP contribution in [0.4, 0.5) is 0 Å². The predicted octanol–water partition coefficient (Wildman–Crippen LogP) is 0.966. The topological polar surface area (TPSA) is 46.5 Å². The number of aliphatic hydroxyl groups is 1. The standard InChI is InChI=1S/C14H12O3/c1-2-17-14(16)11-10-13(15)9-8-12-6-4-3-5-7-12/h3-7,13,15H,2H2,1H3. The van der Waals surface area contributed by atoms with Crippen LogP contribution >= 0.6 is 0 Å². The number of carbonyl (C=O) groups excluding carboxylic acids is 1. The normalized spacial score (nSPS) is 10.2. The van der Waals surface area contributed by atoms with E-state index in [2.05, 4.69) is 28.4 Å². The Labute approximate surface area is 100 Å². The molecule has 0 heterocycles. The van der Waals surface area contributed by atoms with Crippen molar-refractivity contribution in [1.82, 2.24) is 0 Å². The Balaban J connectivity index is 2.59. The molecule has 0 aliphatic carbocycles. The van der Waals surface area contributed by atoms with E-state index in [-0.39, 0.29) is 6.61 Å². The molecule has 0 amide bonds. The van der Waals surface area contributed by atoms with Gasteiger partial charge < -0.3 is 9.84 Å². The zero-order valence-electron chi connectivity index (χ0n) is 9.43. The Morgan fingerprint density at radius 1 is 1.35 bits per heavy atom. The maximum atomic E-state index is 10.9. The molecule has 0 spiro atoms. The molecule has 0 fully saturated rings. The van der Waals surface area contributed by atoms with Gasteiger partial charge in [-0.05, 0) is 25.0 Å². The molecule has 1 atom stereocenters. The second-order valence-electron chi connectivity index (χ2n) is 3.03. The Morgan fingerprint density at radius 3 is 2.71 bits per heavy atom. The second kappa shape index (κ2) is 7.11. The summed E-state index contributed by atoms with van der Waals surface area (Å²) in [5.74, 6) is 9.06. The van der Waals surface area contributed by atoms with Crippen molar-refractivity contribution in [3.63, 3.8) is 0 Å². The van der Waals surface area contributed by atoms with Gasteiger partial charge in [-0.15, -0.1) is 0 Å². The molecule has 0 saturated heterocycles. The van der Waals surface area contributed by atoms with Crippen molar-refractivity contribution in [2.75, 3.05) is 6.61 Å². The molecule has 3 nitrogen and oxygen atoms in total. The van der Waals surface area contributed by atoms with Crippen molar-refractivity contribution in [3.8, 4) is 23.7 Å². The number of benzene rings is 1. The molecule has 0 bridgehead atoms. The monoisotopic (exact) mass is 228 g/mol. The van der Waals surface area contributed by atoms with Crippen LogP contribution in [0.1, 0.15) is 12.5 Å². The van der Waals surface area contributed by atoms with Crippen LogP contribution in [-0.2, 0) is 9.53 Å². The fourth-order valence-electron chi connectivity index (χ4n) is 1.00. The first-order chi connectivity index (χ1) is 8.22. The van der Waals surface area contributed by atoms with Gasteiger partial charge in [-0.25, -0.2) is 4.79 Å². The van der Waals surface area contributed by atoms with Crippen molar-refractivity contribution >= 4 is 5.97 Å². The van der Waals surface area contributed by atoms with Gasteiger partial charge in [0.2, 0.25) is 0 Å². The van der Waals surface area contributed by atoms with E-state index in [1.165, 1.54) is 0 Å². The van der Waals surface area contributed by atoms with E-state index in [0.29, 0.717) is 0 Å². The average Bonchev–Trinajstić information content (AvgIpc) is 2.35. The van der Waals surface area contributed by atoms with Gasteiger partial charge in [0.15, 0.2) is 6.10 Å². The third-order valence-electron chi connectivity index (χ3n) is 1.71. The van der Waals surface area contributed by atoms with Crippen LogP contribution in [0.3, 0.4) is 0 Å². The zero-order chi connectivity index (χ0) is 12.5. The highest BCUT2D eigenvalue weighted by Gasteiger charge is 1.95. The van der Waals surface area contributed by atoms with Gasteiger partial charge in [0.1, 0.15) is 0 Å². The SMILES string of the molecule is CCOC(=O)C#CC(O)C#Cc1ccccc1. The van der Waals surface area contributed by atoms with Crippen molar-refractivity contribution in [3.05, 3.63) is 35.9 Å². The van der Waals surface area contributed by atoms with Gasteiger partial charge in [0.05, 0.1) is 6.61 Å². The molecular formula is C14H12O3. The second-order valence-corrected chi connectivity index (χ2v) is 3.03. The minimum atomic E-state index is -1.15. The van der Waals surface area contributed by atoms with Crippen molar-refractivity contribution in [1.29, 1.82) is 0 Å². The summed E-state index contributed by atoms with van der Waals surface area (Å²) in [4.78, 5) is 10.9. The molecule has 1 aromatic rings. The number of esters is 1. The molecule has 0 aliphatic rings. The highest BCUT2D eigenvalue weighted by molar-refractivity contribution is 5.88. The molecule has 1 aromatic carbocycles. The Morgan fingerprint density at radius 2 is 2.06 bits per heavy atom. The lowest BCUT2D eigenvalue weighted by atomic mass is 10.2. The molecule has 0 aliphatic heterocycles. The molecule has 17 heavy (non-hydrogen) atoms. The molecule has 0 radical (unpaired) electrons. The number of carbonyl (C=O) groups is 1. The van der Waals surface area contributed by atoms with E-state index in [0.717, 1.165) is 5.56 Å². The van der Waals surface area contributed by atoms with E-state index in [1.807, 2.05) is 30.3 Å². The minimum Gasteiger partial charge on any atom is -0.456 e. The van der Waals surface area contributed by atoms with Crippen molar-refractivity contribution in [2.45, 2.75) is 13.0 Å². The number of aliphatic hydroxyl groups excluding tert-OH is 1. The predicted molar refractivity (Wildman–Crippen MR) is 63.7 cm³/mol. The first-order valence-corrected chi connectivity index (χ1v) is 5.15. The summed E-state index contributed by atoms with van der Waals surface area (Å²) in [5, 5.41) is 9.37. The van der Waals surface area contributed by atoms with E-state index < -0.39 is 12.1 Å². The number of ether oxygens (including phenoxy) is 1. The van der Waals surface area contributed by atoms with E-state index in [4.69, 9.17) is 0 Å². The van der Waals surface area contributed by atoms with E-state index in [1.54, 1.807) is 6.92 Å². The number of rotatable bonds is 1. The first-order valence-electron chi connectivity index (χ1n) is 5.15. The molecule has 3 heteroatoms. The van der Waals surface area contributed by atoms with Crippen LogP contribution in [0, 0.1) is 23.7 Å². The van der Waals surface area contributed by atoms with Crippen molar-refractivity contribution < 1.29 is 14.6 Å². The van der Waals surface area contributed by atoms with Gasteiger partial charge >= 0.3 is 5.97 Å². The summed E-state index contributed by atoms with van der Waals surface area (Å²) < 4.78 is 4.58. The molecule has 1 N–H and O–H groups in total. The van der Waals surface area contributed by atoms with E-state index in [9.17, 15) is 9.90 Å². The summed E-state index contributed by atoms with van der Waals surface area (Å²) in [6, 6.07) is 9.21.